The van der Waals surface area contributed by atoms with Gasteiger partial charge in [0.1, 0.15) is 0 Å². The van der Waals surface area contributed by atoms with Crippen molar-refractivity contribution >= 4 is 17.2 Å². The first-order valence-electron chi connectivity index (χ1n) is 5.81. The summed E-state index contributed by atoms with van der Waals surface area (Å²) in [6.07, 6.45) is 3.17. The molecule has 0 amide bonds. The highest BCUT2D eigenvalue weighted by molar-refractivity contribution is 5.92. The van der Waals surface area contributed by atoms with Crippen molar-refractivity contribution in [3.05, 3.63) is 36.0 Å². The highest BCUT2D eigenvalue weighted by Crippen LogP contribution is 2.34. The van der Waals surface area contributed by atoms with E-state index in [0.29, 0.717) is 12.1 Å². The second-order valence-electron chi connectivity index (χ2n) is 5.37. The molecule has 1 aromatic carbocycles. The predicted molar refractivity (Wildman–Crippen MR) is 70.6 cm³/mol. The van der Waals surface area contributed by atoms with Gasteiger partial charge in [-0.2, -0.15) is 0 Å². The van der Waals surface area contributed by atoms with Crippen LogP contribution in [0.1, 0.15) is 26.7 Å². The van der Waals surface area contributed by atoms with Gasteiger partial charge in [0.2, 0.25) is 0 Å². The number of ketones is 1. The number of nitrogen functional groups attached to an aromatic ring is 1. The van der Waals surface area contributed by atoms with Gasteiger partial charge in [-0.3, -0.25) is 4.79 Å². The van der Waals surface area contributed by atoms with E-state index in [9.17, 15) is 4.79 Å². The zero-order chi connectivity index (χ0) is 12.5. The summed E-state index contributed by atoms with van der Waals surface area (Å²) in [6, 6.07) is 7.58. The van der Waals surface area contributed by atoms with Crippen LogP contribution in [0, 0.1) is 5.41 Å². The maximum Gasteiger partial charge on any atom is 0.157 e. The number of hydrogen-bond acceptors (Lipinski definition) is 3. The molecule has 17 heavy (non-hydrogen) atoms. The van der Waals surface area contributed by atoms with Crippen LogP contribution in [0.15, 0.2) is 36.0 Å². The van der Waals surface area contributed by atoms with Gasteiger partial charge in [-0.1, -0.05) is 26.0 Å². The van der Waals surface area contributed by atoms with Crippen molar-refractivity contribution < 1.29 is 4.79 Å². The minimum Gasteiger partial charge on any atom is -0.397 e. The monoisotopic (exact) mass is 230 g/mol. The lowest BCUT2D eigenvalue weighted by Gasteiger charge is -2.29. The molecule has 0 saturated heterocycles. The van der Waals surface area contributed by atoms with Crippen LogP contribution in [-0.4, -0.2) is 5.78 Å². The van der Waals surface area contributed by atoms with E-state index in [-0.39, 0.29) is 11.2 Å². The minimum atomic E-state index is 0.0255. The summed E-state index contributed by atoms with van der Waals surface area (Å²) < 4.78 is 0. The topological polar surface area (TPSA) is 55.1 Å². The number of benzene rings is 1. The molecule has 2 rings (SSSR count). The Kier molecular flexibility index (Phi) is 2.92. The van der Waals surface area contributed by atoms with E-state index in [2.05, 4.69) is 19.2 Å². The number of carbonyl (C=O) groups is 1. The standard InChI is InChI=1S/C14H18N2O/c1-14(2)8-10(7-11(17)9-14)16-13-6-4-3-5-12(13)15/h3-7,16H,8-9,15H2,1-2H3. The first-order chi connectivity index (χ1) is 7.96. The lowest BCUT2D eigenvalue weighted by atomic mass is 9.79. The van der Waals surface area contributed by atoms with Crippen molar-refractivity contribution in [2.45, 2.75) is 26.7 Å². The molecule has 3 heteroatoms. The number of carbonyl (C=O) groups excluding carboxylic acids is 1. The number of anilines is 2. The number of allylic oxidation sites excluding steroid dienone is 2. The van der Waals surface area contributed by atoms with E-state index in [1.165, 1.54) is 0 Å². The van der Waals surface area contributed by atoms with Gasteiger partial charge in [0.25, 0.3) is 0 Å². The number of hydrogen-bond donors (Lipinski definition) is 2. The molecule has 3 nitrogen and oxygen atoms in total. The molecule has 0 spiro atoms. The Morgan fingerprint density at radius 3 is 2.59 bits per heavy atom. The lowest BCUT2D eigenvalue weighted by Crippen LogP contribution is -2.24. The Hall–Kier alpha value is -1.77. The highest BCUT2D eigenvalue weighted by atomic mass is 16.1. The second kappa shape index (κ2) is 4.24. The van der Waals surface area contributed by atoms with E-state index in [0.717, 1.165) is 17.8 Å². The highest BCUT2D eigenvalue weighted by Gasteiger charge is 2.27. The van der Waals surface area contributed by atoms with Crippen LogP contribution in [0.2, 0.25) is 0 Å². The van der Waals surface area contributed by atoms with Crippen molar-refractivity contribution in [2.75, 3.05) is 11.1 Å². The first-order valence-corrected chi connectivity index (χ1v) is 5.81. The zero-order valence-corrected chi connectivity index (χ0v) is 10.3. The Bertz CT molecular complexity index is 475. The molecule has 0 radical (unpaired) electrons. The molecule has 3 N–H and O–H groups in total. The Balaban J connectivity index is 2.20. The van der Waals surface area contributed by atoms with E-state index >= 15 is 0 Å². The van der Waals surface area contributed by atoms with Crippen LogP contribution in [0.5, 0.6) is 0 Å². The summed E-state index contributed by atoms with van der Waals surface area (Å²) in [4.78, 5) is 11.6. The zero-order valence-electron chi connectivity index (χ0n) is 10.3. The summed E-state index contributed by atoms with van der Waals surface area (Å²) in [7, 11) is 0. The summed E-state index contributed by atoms with van der Waals surface area (Å²) in [6.45, 7) is 4.21. The van der Waals surface area contributed by atoms with Gasteiger partial charge in [0.15, 0.2) is 5.78 Å². The van der Waals surface area contributed by atoms with E-state index in [1.807, 2.05) is 24.3 Å². The smallest absolute Gasteiger partial charge is 0.157 e. The third kappa shape index (κ3) is 2.87. The molecule has 0 aliphatic heterocycles. The van der Waals surface area contributed by atoms with Crippen LogP contribution in [0.4, 0.5) is 11.4 Å². The van der Waals surface area contributed by atoms with Crippen LogP contribution in [0.3, 0.4) is 0 Å². The molecule has 0 bridgehead atoms. The van der Waals surface area contributed by atoms with Gasteiger partial charge in [-0.15, -0.1) is 0 Å². The molecule has 1 aromatic rings. The van der Waals surface area contributed by atoms with E-state index in [4.69, 9.17) is 5.73 Å². The predicted octanol–water partition coefficient (Wildman–Crippen LogP) is 2.95. The molecule has 0 atom stereocenters. The molecule has 0 heterocycles. The molecular formula is C14H18N2O. The Morgan fingerprint density at radius 1 is 1.24 bits per heavy atom. The Morgan fingerprint density at radius 2 is 1.94 bits per heavy atom. The van der Waals surface area contributed by atoms with Crippen LogP contribution in [-0.2, 0) is 4.79 Å². The number of nitrogens with one attached hydrogen (secondary N) is 1. The van der Waals surface area contributed by atoms with Gasteiger partial charge in [0.05, 0.1) is 11.4 Å². The van der Waals surface area contributed by atoms with Crippen molar-refractivity contribution in [1.82, 2.24) is 0 Å². The summed E-state index contributed by atoms with van der Waals surface area (Å²) in [5.41, 5.74) is 8.40. The maximum absolute atomic E-state index is 11.6. The van der Waals surface area contributed by atoms with Crippen molar-refractivity contribution in [1.29, 1.82) is 0 Å². The average molecular weight is 230 g/mol. The van der Waals surface area contributed by atoms with Crippen LogP contribution >= 0.6 is 0 Å². The fourth-order valence-electron chi connectivity index (χ4n) is 2.21. The Labute approximate surface area is 102 Å². The van der Waals surface area contributed by atoms with Crippen molar-refractivity contribution in [2.24, 2.45) is 5.41 Å². The number of rotatable bonds is 2. The van der Waals surface area contributed by atoms with Gasteiger partial charge < -0.3 is 11.1 Å². The first kappa shape index (κ1) is 11.7. The maximum atomic E-state index is 11.6. The fraction of sp³-hybridized carbons (Fsp3) is 0.357. The van der Waals surface area contributed by atoms with Gasteiger partial charge >= 0.3 is 0 Å². The molecule has 0 unspecified atom stereocenters. The molecular weight excluding hydrogens is 212 g/mol. The molecule has 90 valence electrons. The lowest BCUT2D eigenvalue weighted by molar-refractivity contribution is -0.117. The summed E-state index contributed by atoms with van der Waals surface area (Å²) in [5, 5.41) is 3.25. The SMILES string of the molecule is CC1(C)CC(=O)C=C(Nc2ccccc2N)C1. The number of nitrogens with two attached hydrogens (primary N) is 1. The van der Waals surface area contributed by atoms with Crippen LogP contribution in [0.25, 0.3) is 0 Å². The van der Waals surface area contributed by atoms with Gasteiger partial charge in [-0.25, -0.2) is 0 Å². The van der Waals surface area contributed by atoms with Crippen molar-refractivity contribution in [3.8, 4) is 0 Å². The largest absolute Gasteiger partial charge is 0.397 e. The second-order valence-corrected chi connectivity index (χ2v) is 5.37. The third-order valence-electron chi connectivity index (χ3n) is 2.91. The quantitative estimate of drug-likeness (QED) is 0.768. The molecule has 0 fully saturated rings. The van der Waals surface area contributed by atoms with Crippen LogP contribution < -0.4 is 11.1 Å². The third-order valence-corrected chi connectivity index (χ3v) is 2.91. The van der Waals surface area contributed by atoms with Gasteiger partial charge in [-0.05, 0) is 24.0 Å². The van der Waals surface area contributed by atoms with Crippen molar-refractivity contribution in [3.63, 3.8) is 0 Å². The molecule has 1 aliphatic rings. The minimum absolute atomic E-state index is 0.0255. The number of para-hydroxylation sites is 2. The fourth-order valence-corrected chi connectivity index (χ4v) is 2.21. The summed E-state index contributed by atoms with van der Waals surface area (Å²) in [5.74, 6) is 0.179. The molecule has 0 saturated carbocycles. The van der Waals surface area contributed by atoms with E-state index in [1.54, 1.807) is 6.08 Å². The normalized spacial score (nSPS) is 18.7. The average Bonchev–Trinajstić information content (AvgIpc) is 2.18. The molecule has 0 aromatic heterocycles. The summed E-state index contributed by atoms with van der Waals surface area (Å²) >= 11 is 0. The van der Waals surface area contributed by atoms with E-state index < -0.39 is 0 Å². The molecule has 1 aliphatic carbocycles. The van der Waals surface area contributed by atoms with Gasteiger partial charge in [0, 0.05) is 18.2 Å².